The van der Waals surface area contributed by atoms with E-state index in [-0.39, 0.29) is 5.02 Å². The quantitative estimate of drug-likeness (QED) is 0.887. The Kier molecular flexibility index (Phi) is 3.82. The summed E-state index contributed by atoms with van der Waals surface area (Å²) in [7, 11) is -0.662. The topological polar surface area (TPSA) is 29.1 Å². The van der Waals surface area contributed by atoms with Crippen LogP contribution >= 0.6 is 11.6 Å². The van der Waals surface area contributed by atoms with E-state index in [2.05, 4.69) is 5.32 Å². The maximum atomic E-state index is 13.2. The highest BCUT2D eigenvalue weighted by Gasteiger charge is 2.17. The summed E-state index contributed by atoms with van der Waals surface area (Å²) in [6, 6.07) is 4.99. The third-order valence-electron chi connectivity index (χ3n) is 2.68. The molecule has 0 saturated carbocycles. The molecule has 0 amide bonds. The molecule has 16 heavy (non-hydrogen) atoms. The Morgan fingerprint density at radius 2 is 2.06 bits per heavy atom. The van der Waals surface area contributed by atoms with Gasteiger partial charge in [-0.1, -0.05) is 11.6 Å². The fourth-order valence-corrected chi connectivity index (χ4v) is 3.18. The summed E-state index contributed by atoms with van der Waals surface area (Å²) in [6.07, 6.45) is 1.74. The van der Waals surface area contributed by atoms with E-state index in [9.17, 15) is 8.60 Å². The van der Waals surface area contributed by atoms with Crippen LogP contribution in [-0.2, 0) is 10.8 Å². The van der Waals surface area contributed by atoms with Gasteiger partial charge in [-0.15, -0.1) is 0 Å². The Morgan fingerprint density at radius 1 is 1.38 bits per heavy atom. The van der Waals surface area contributed by atoms with Gasteiger partial charge >= 0.3 is 0 Å². The van der Waals surface area contributed by atoms with Gasteiger partial charge in [-0.2, -0.15) is 0 Å². The molecule has 5 heteroatoms. The van der Waals surface area contributed by atoms with Crippen LogP contribution in [0.3, 0.4) is 0 Å². The summed E-state index contributed by atoms with van der Waals surface area (Å²) in [5.41, 5.74) is 0.736. The molecule has 2 nitrogen and oxygen atoms in total. The molecule has 1 saturated heterocycles. The molecule has 2 rings (SSSR count). The van der Waals surface area contributed by atoms with E-state index in [4.69, 9.17) is 11.6 Å². The van der Waals surface area contributed by atoms with E-state index >= 15 is 0 Å². The Labute approximate surface area is 102 Å². The lowest BCUT2D eigenvalue weighted by Crippen LogP contribution is -2.29. The first-order chi connectivity index (χ1) is 7.65. The maximum absolute atomic E-state index is 13.2. The van der Waals surface area contributed by atoms with Crippen molar-refractivity contribution in [3.05, 3.63) is 29.0 Å². The number of hydrogen-bond donors (Lipinski definition) is 1. The molecule has 1 aliphatic heterocycles. The molecule has 1 heterocycles. The summed E-state index contributed by atoms with van der Waals surface area (Å²) >= 11 is 5.60. The van der Waals surface area contributed by atoms with Crippen LogP contribution in [0.5, 0.6) is 0 Å². The van der Waals surface area contributed by atoms with E-state index in [1.807, 2.05) is 0 Å². The number of nitrogens with one attached hydrogen (secondary N) is 1. The molecule has 0 atom stereocenters. The van der Waals surface area contributed by atoms with Crippen LogP contribution in [-0.4, -0.2) is 21.8 Å². The SMILES string of the molecule is O=S1CCC(Nc2ccc(Cl)c(F)c2)CC1. The molecule has 1 N–H and O–H groups in total. The maximum Gasteiger partial charge on any atom is 0.143 e. The standard InChI is InChI=1S/C11H13ClFNOS/c12-10-2-1-9(7-11(10)13)14-8-3-5-16(15)6-4-8/h1-2,7-8,14H,3-6H2. The van der Waals surface area contributed by atoms with Gasteiger partial charge in [0, 0.05) is 34.0 Å². The molecule has 1 aromatic carbocycles. The van der Waals surface area contributed by atoms with E-state index in [1.165, 1.54) is 6.07 Å². The summed E-state index contributed by atoms with van der Waals surface area (Å²) < 4.78 is 24.3. The fourth-order valence-electron chi connectivity index (χ4n) is 1.76. The molecular formula is C11H13ClFNOS. The minimum absolute atomic E-state index is 0.135. The third-order valence-corrected chi connectivity index (χ3v) is 4.37. The van der Waals surface area contributed by atoms with Crippen LogP contribution in [0.25, 0.3) is 0 Å². The first-order valence-electron chi connectivity index (χ1n) is 5.22. The second kappa shape index (κ2) is 5.15. The number of anilines is 1. The fraction of sp³-hybridized carbons (Fsp3) is 0.455. The van der Waals surface area contributed by atoms with Crippen molar-refractivity contribution in [3.63, 3.8) is 0 Å². The number of hydrogen-bond acceptors (Lipinski definition) is 2. The number of halogens is 2. The molecule has 0 aliphatic carbocycles. The lowest BCUT2D eigenvalue weighted by atomic mass is 10.1. The molecule has 1 aliphatic rings. The van der Waals surface area contributed by atoms with Crippen LogP contribution in [0.15, 0.2) is 18.2 Å². The van der Waals surface area contributed by atoms with Gasteiger partial charge in [0.2, 0.25) is 0 Å². The van der Waals surface area contributed by atoms with Crippen molar-refractivity contribution in [2.75, 3.05) is 16.8 Å². The van der Waals surface area contributed by atoms with Gasteiger partial charge in [-0.25, -0.2) is 4.39 Å². The Morgan fingerprint density at radius 3 is 2.69 bits per heavy atom. The predicted molar refractivity (Wildman–Crippen MR) is 65.9 cm³/mol. The van der Waals surface area contributed by atoms with Gasteiger partial charge in [-0.05, 0) is 31.0 Å². The van der Waals surface area contributed by atoms with Crippen LogP contribution in [0.4, 0.5) is 10.1 Å². The Balaban J connectivity index is 1.98. The first kappa shape index (κ1) is 11.9. The van der Waals surface area contributed by atoms with Crippen LogP contribution in [0, 0.1) is 5.82 Å². The lowest BCUT2D eigenvalue weighted by Gasteiger charge is -2.23. The third kappa shape index (κ3) is 2.95. The van der Waals surface area contributed by atoms with Crippen molar-refractivity contribution >= 4 is 28.1 Å². The van der Waals surface area contributed by atoms with Crippen molar-refractivity contribution < 1.29 is 8.60 Å². The molecule has 1 aromatic rings. The normalized spacial score (nSPS) is 25.4. The van der Waals surface area contributed by atoms with Gasteiger partial charge in [0.1, 0.15) is 5.82 Å². The average molecular weight is 262 g/mol. The van der Waals surface area contributed by atoms with Crippen molar-refractivity contribution in [1.29, 1.82) is 0 Å². The lowest BCUT2D eigenvalue weighted by molar-refractivity contribution is 0.617. The smallest absolute Gasteiger partial charge is 0.143 e. The minimum atomic E-state index is -0.662. The second-order valence-corrected chi connectivity index (χ2v) is 6.00. The zero-order chi connectivity index (χ0) is 11.5. The molecule has 0 bridgehead atoms. The van der Waals surface area contributed by atoms with Gasteiger partial charge in [0.05, 0.1) is 5.02 Å². The Hall–Kier alpha value is -0.610. The van der Waals surface area contributed by atoms with E-state index in [1.54, 1.807) is 12.1 Å². The molecule has 0 unspecified atom stereocenters. The highest BCUT2D eigenvalue weighted by Crippen LogP contribution is 2.21. The van der Waals surface area contributed by atoms with Crippen molar-refractivity contribution in [2.24, 2.45) is 0 Å². The van der Waals surface area contributed by atoms with E-state index in [0.29, 0.717) is 6.04 Å². The van der Waals surface area contributed by atoms with Crippen LogP contribution < -0.4 is 5.32 Å². The molecule has 88 valence electrons. The summed E-state index contributed by atoms with van der Waals surface area (Å²) in [5.74, 6) is 1.05. The molecule has 1 fully saturated rings. The van der Waals surface area contributed by atoms with Crippen LogP contribution in [0.2, 0.25) is 5.02 Å². The van der Waals surface area contributed by atoms with Crippen molar-refractivity contribution in [3.8, 4) is 0 Å². The van der Waals surface area contributed by atoms with E-state index < -0.39 is 16.6 Å². The number of rotatable bonds is 2. The van der Waals surface area contributed by atoms with Gasteiger partial charge < -0.3 is 5.32 Å². The molecule has 0 aromatic heterocycles. The zero-order valence-corrected chi connectivity index (χ0v) is 10.3. The first-order valence-corrected chi connectivity index (χ1v) is 7.08. The molecule has 0 radical (unpaired) electrons. The largest absolute Gasteiger partial charge is 0.382 e. The summed E-state index contributed by atoms with van der Waals surface area (Å²) in [5, 5.41) is 3.37. The van der Waals surface area contributed by atoms with Gasteiger partial charge in [-0.3, -0.25) is 4.21 Å². The van der Waals surface area contributed by atoms with E-state index in [0.717, 1.165) is 30.0 Å². The van der Waals surface area contributed by atoms with Gasteiger partial charge in [0.25, 0.3) is 0 Å². The summed E-state index contributed by atoms with van der Waals surface area (Å²) in [4.78, 5) is 0. The highest BCUT2D eigenvalue weighted by atomic mass is 35.5. The Bertz CT molecular complexity index is 403. The monoisotopic (exact) mass is 261 g/mol. The number of benzene rings is 1. The van der Waals surface area contributed by atoms with Gasteiger partial charge in [0.15, 0.2) is 0 Å². The van der Waals surface area contributed by atoms with Crippen LogP contribution in [0.1, 0.15) is 12.8 Å². The van der Waals surface area contributed by atoms with Crippen molar-refractivity contribution in [2.45, 2.75) is 18.9 Å². The highest BCUT2D eigenvalue weighted by molar-refractivity contribution is 7.85. The molecule has 0 spiro atoms. The van der Waals surface area contributed by atoms with Crippen molar-refractivity contribution in [1.82, 2.24) is 0 Å². The molecular weight excluding hydrogens is 249 g/mol. The zero-order valence-electron chi connectivity index (χ0n) is 8.71. The minimum Gasteiger partial charge on any atom is -0.382 e. The summed E-state index contributed by atoms with van der Waals surface area (Å²) in [6.45, 7) is 0. The average Bonchev–Trinajstić information content (AvgIpc) is 2.27. The predicted octanol–water partition coefficient (Wildman–Crippen LogP) is 2.80. The second-order valence-electron chi connectivity index (χ2n) is 3.90.